The number of nitrogens with one attached hydrogen (secondary N) is 2. The minimum atomic E-state index is -0.0377. The monoisotopic (exact) mass is 274 g/mol. The zero-order valence-electron chi connectivity index (χ0n) is 10.9. The van der Waals surface area contributed by atoms with E-state index in [1.54, 1.807) is 0 Å². The van der Waals surface area contributed by atoms with Crippen LogP contribution in [-0.4, -0.2) is 23.2 Å². The molecule has 100 valence electrons. The van der Waals surface area contributed by atoms with Crippen LogP contribution in [-0.2, 0) is 6.42 Å². The van der Waals surface area contributed by atoms with Crippen molar-refractivity contribution in [1.29, 1.82) is 0 Å². The quantitative estimate of drug-likeness (QED) is 0.721. The van der Waals surface area contributed by atoms with Crippen molar-refractivity contribution in [2.45, 2.75) is 13.3 Å². The van der Waals surface area contributed by atoms with Crippen LogP contribution < -0.4 is 5.32 Å². The van der Waals surface area contributed by atoms with Crippen LogP contribution in [0.4, 0.5) is 0 Å². The molecule has 0 bridgehead atoms. The van der Waals surface area contributed by atoms with Crippen molar-refractivity contribution < 1.29 is 4.79 Å². The van der Waals surface area contributed by atoms with Crippen LogP contribution in [0.2, 0.25) is 0 Å². The second-order valence-electron chi connectivity index (χ2n) is 4.27. The number of aryl methyl sites for hydroxylation is 1. The van der Waals surface area contributed by atoms with Crippen LogP contribution in [0.5, 0.6) is 0 Å². The fourth-order valence-corrected chi connectivity index (χ4v) is 2.13. The Labute approximate surface area is 118 Å². The number of thiol groups is 1. The molecule has 0 atom stereocenters. The molecule has 4 heteroatoms. The highest BCUT2D eigenvalue weighted by Crippen LogP contribution is 2.22. The third kappa shape index (κ3) is 3.20. The molecular weight excluding hydrogens is 256 g/mol. The molecule has 19 heavy (non-hydrogen) atoms. The van der Waals surface area contributed by atoms with Crippen molar-refractivity contribution in [2.24, 2.45) is 0 Å². The van der Waals surface area contributed by atoms with Gasteiger partial charge < -0.3 is 10.3 Å². The molecule has 0 unspecified atom stereocenters. The van der Waals surface area contributed by atoms with E-state index < -0.39 is 0 Å². The lowest BCUT2D eigenvalue weighted by molar-refractivity contribution is 0.0955. The highest BCUT2D eigenvalue weighted by Gasteiger charge is 2.14. The molecule has 2 N–H and O–H groups in total. The molecule has 2 aromatic rings. The summed E-state index contributed by atoms with van der Waals surface area (Å²) in [6, 6.07) is 11.9. The molecular formula is C15H18N2OS. The number of hydrogen-bond donors (Lipinski definition) is 3. The Bertz CT molecular complexity index is 549. The molecule has 3 nitrogen and oxygen atoms in total. The van der Waals surface area contributed by atoms with E-state index in [0.717, 1.165) is 28.9 Å². The Hall–Kier alpha value is -1.68. The molecule has 0 saturated carbocycles. The van der Waals surface area contributed by atoms with Gasteiger partial charge >= 0.3 is 0 Å². The highest BCUT2D eigenvalue weighted by molar-refractivity contribution is 7.80. The zero-order chi connectivity index (χ0) is 13.7. The van der Waals surface area contributed by atoms with Gasteiger partial charge in [0, 0.05) is 23.7 Å². The van der Waals surface area contributed by atoms with Gasteiger partial charge in [-0.05, 0) is 18.1 Å². The summed E-state index contributed by atoms with van der Waals surface area (Å²) in [5.74, 6) is 0.604. The van der Waals surface area contributed by atoms with E-state index in [1.807, 2.05) is 43.3 Å². The van der Waals surface area contributed by atoms with Crippen LogP contribution >= 0.6 is 12.6 Å². The molecule has 0 fully saturated rings. The van der Waals surface area contributed by atoms with Crippen molar-refractivity contribution >= 4 is 18.5 Å². The van der Waals surface area contributed by atoms with E-state index in [0.29, 0.717) is 12.3 Å². The predicted molar refractivity (Wildman–Crippen MR) is 81.8 cm³/mol. The van der Waals surface area contributed by atoms with Crippen LogP contribution in [0.1, 0.15) is 23.0 Å². The summed E-state index contributed by atoms with van der Waals surface area (Å²) < 4.78 is 0. The second-order valence-corrected chi connectivity index (χ2v) is 4.72. The van der Waals surface area contributed by atoms with Gasteiger partial charge in [0.1, 0.15) is 0 Å². The molecule has 1 aromatic carbocycles. The first-order valence-corrected chi connectivity index (χ1v) is 7.06. The lowest BCUT2D eigenvalue weighted by atomic mass is 10.1. The number of H-pyrrole nitrogens is 1. The fourth-order valence-electron chi connectivity index (χ4n) is 2.02. The normalized spacial score (nSPS) is 10.4. The summed E-state index contributed by atoms with van der Waals surface area (Å²) in [4.78, 5) is 15.4. The van der Waals surface area contributed by atoms with Gasteiger partial charge in [-0.3, -0.25) is 4.79 Å². The SMILES string of the molecule is CCc1[nH]c(-c2ccccc2)cc1C(=O)NCCS. The Kier molecular flexibility index (Phi) is 4.68. The number of aromatic amines is 1. The molecule has 0 radical (unpaired) electrons. The van der Waals surface area contributed by atoms with E-state index in [1.165, 1.54) is 0 Å². The van der Waals surface area contributed by atoms with Crippen LogP contribution in [0, 0.1) is 0 Å². The lowest BCUT2D eigenvalue weighted by Crippen LogP contribution is -2.25. The molecule has 0 spiro atoms. The third-order valence-corrected chi connectivity index (χ3v) is 3.20. The molecule has 1 heterocycles. The van der Waals surface area contributed by atoms with Crippen molar-refractivity contribution in [3.63, 3.8) is 0 Å². The van der Waals surface area contributed by atoms with Crippen LogP contribution in [0.15, 0.2) is 36.4 Å². The van der Waals surface area contributed by atoms with E-state index in [-0.39, 0.29) is 5.91 Å². The van der Waals surface area contributed by atoms with Gasteiger partial charge in [-0.15, -0.1) is 0 Å². The van der Waals surface area contributed by atoms with Gasteiger partial charge in [0.15, 0.2) is 0 Å². The topological polar surface area (TPSA) is 44.9 Å². The molecule has 0 aliphatic heterocycles. The maximum Gasteiger partial charge on any atom is 0.253 e. The summed E-state index contributed by atoms with van der Waals surface area (Å²) >= 11 is 4.10. The maximum atomic E-state index is 12.1. The first-order valence-electron chi connectivity index (χ1n) is 6.42. The number of amides is 1. The van der Waals surface area contributed by atoms with Gasteiger partial charge in [0.25, 0.3) is 5.91 Å². The minimum absolute atomic E-state index is 0.0377. The second kappa shape index (κ2) is 6.48. The Morgan fingerprint density at radius 1 is 1.32 bits per heavy atom. The van der Waals surface area contributed by atoms with E-state index >= 15 is 0 Å². The van der Waals surface area contributed by atoms with Gasteiger partial charge in [-0.25, -0.2) is 0 Å². The third-order valence-electron chi connectivity index (χ3n) is 2.98. The number of carbonyl (C=O) groups excluding carboxylic acids is 1. The van der Waals surface area contributed by atoms with Crippen molar-refractivity contribution in [3.8, 4) is 11.3 Å². The first kappa shape index (κ1) is 13.7. The standard InChI is InChI=1S/C15H18N2OS/c1-2-13-12(15(18)16-8-9-19)10-14(17-13)11-6-4-3-5-7-11/h3-7,10,17,19H,2,8-9H2,1H3,(H,16,18). The maximum absolute atomic E-state index is 12.1. The van der Waals surface area contributed by atoms with Crippen molar-refractivity contribution in [1.82, 2.24) is 10.3 Å². The number of carbonyl (C=O) groups is 1. The summed E-state index contributed by atoms with van der Waals surface area (Å²) in [6.45, 7) is 2.62. The molecule has 0 aliphatic rings. The number of rotatable bonds is 5. The Morgan fingerprint density at radius 3 is 2.68 bits per heavy atom. The summed E-state index contributed by atoms with van der Waals surface area (Å²) in [5, 5.41) is 2.85. The van der Waals surface area contributed by atoms with Gasteiger partial charge in [0.05, 0.1) is 5.56 Å². The van der Waals surface area contributed by atoms with Crippen molar-refractivity contribution in [3.05, 3.63) is 47.7 Å². The minimum Gasteiger partial charge on any atom is -0.358 e. The fraction of sp³-hybridized carbons (Fsp3) is 0.267. The van der Waals surface area contributed by atoms with Gasteiger partial charge in [-0.2, -0.15) is 12.6 Å². The zero-order valence-corrected chi connectivity index (χ0v) is 11.8. The molecule has 0 saturated heterocycles. The van der Waals surface area contributed by atoms with Gasteiger partial charge in [-0.1, -0.05) is 37.3 Å². The van der Waals surface area contributed by atoms with E-state index in [2.05, 4.69) is 22.9 Å². The van der Waals surface area contributed by atoms with Crippen molar-refractivity contribution in [2.75, 3.05) is 12.3 Å². The first-order chi connectivity index (χ1) is 9.26. The lowest BCUT2D eigenvalue weighted by Gasteiger charge is -2.02. The highest BCUT2D eigenvalue weighted by atomic mass is 32.1. The number of benzene rings is 1. The number of aromatic nitrogens is 1. The molecule has 2 rings (SSSR count). The Morgan fingerprint density at radius 2 is 2.05 bits per heavy atom. The molecule has 1 amide bonds. The van der Waals surface area contributed by atoms with E-state index in [9.17, 15) is 4.79 Å². The predicted octanol–water partition coefficient (Wildman–Crippen LogP) is 2.90. The van der Waals surface area contributed by atoms with Gasteiger partial charge in [0.2, 0.25) is 0 Å². The summed E-state index contributed by atoms with van der Waals surface area (Å²) in [5.41, 5.74) is 3.76. The summed E-state index contributed by atoms with van der Waals surface area (Å²) in [6.07, 6.45) is 0.802. The molecule has 1 aromatic heterocycles. The largest absolute Gasteiger partial charge is 0.358 e. The van der Waals surface area contributed by atoms with Crippen LogP contribution in [0.3, 0.4) is 0 Å². The molecule has 0 aliphatic carbocycles. The Balaban J connectivity index is 2.30. The van der Waals surface area contributed by atoms with E-state index in [4.69, 9.17) is 0 Å². The average molecular weight is 274 g/mol. The summed E-state index contributed by atoms with van der Waals surface area (Å²) in [7, 11) is 0. The number of hydrogen-bond acceptors (Lipinski definition) is 2. The van der Waals surface area contributed by atoms with Crippen LogP contribution in [0.25, 0.3) is 11.3 Å². The average Bonchev–Trinajstić information content (AvgIpc) is 2.90. The smallest absolute Gasteiger partial charge is 0.253 e.